The standard InChI is InChI=1S/C9H18O2/c1-4-8-10-6-9(3,5-2)7-11-8/h8H,4-7H2,1-3H3. The van der Waals surface area contributed by atoms with Crippen LogP contribution in [0.15, 0.2) is 0 Å². The Labute approximate surface area is 68.9 Å². The summed E-state index contributed by atoms with van der Waals surface area (Å²) < 4.78 is 11.0. The lowest BCUT2D eigenvalue weighted by Crippen LogP contribution is -2.38. The lowest BCUT2D eigenvalue weighted by atomic mass is 9.89. The van der Waals surface area contributed by atoms with E-state index in [9.17, 15) is 0 Å². The molecule has 1 saturated heterocycles. The topological polar surface area (TPSA) is 18.5 Å². The van der Waals surface area contributed by atoms with Gasteiger partial charge in [0.2, 0.25) is 0 Å². The summed E-state index contributed by atoms with van der Waals surface area (Å²) in [6.45, 7) is 8.17. The first-order valence-corrected chi connectivity index (χ1v) is 4.43. The summed E-state index contributed by atoms with van der Waals surface area (Å²) in [5.41, 5.74) is 0.256. The van der Waals surface area contributed by atoms with E-state index in [1.54, 1.807) is 0 Å². The molecule has 0 unspecified atom stereocenters. The number of rotatable bonds is 2. The lowest BCUT2D eigenvalue weighted by Gasteiger charge is -2.36. The highest BCUT2D eigenvalue weighted by atomic mass is 16.7. The fourth-order valence-electron chi connectivity index (χ4n) is 1.12. The van der Waals surface area contributed by atoms with Crippen molar-refractivity contribution in [2.24, 2.45) is 5.41 Å². The van der Waals surface area contributed by atoms with Crippen molar-refractivity contribution in [3.8, 4) is 0 Å². The monoisotopic (exact) mass is 158 g/mol. The van der Waals surface area contributed by atoms with Crippen LogP contribution in [0.3, 0.4) is 0 Å². The summed E-state index contributed by atoms with van der Waals surface area (Å²) in [6, 6.07) is 0. The quantitative estimate of drug-likeness (QED) is 0.613. The van der Waals surface area contributed by atoms with Gasteiger partial charge in [-0.1, -0.05) is 20.8 Å². The van der Waals surface area contributed by atoms with Crippen LogP contribution in [-0.2, 0) is 9.47 Å². The molecule has 2 heteroatoms. The fraction of sp³-hybridized carbons (Fsp3) is 1.00. The summed E-state index contributed by atoms with van der Waals surface area (Å²) in [7, 11) is 0. The van der Waals surface area contributed by atoms with Gasteiger partial charge in [0.1, 0.15) is 0 Å². The number of hydrogen-bond acceptors (Lipinski definition) is 2. The van der Waals surface area contributed by atoms with Crippen molar-refractivity contribution in [2.75, 3.05) is 13.2 Å². The summed E-state index contributed by atoms with van der Waals surface area (Å²) in [6.07, 6.45) is 2.14. The van der Waals surface area contributed by atoms with E-state index in [1.807, 2.05) is 0 Å². The van der Waals surface area contributed by atoms with Gasteiger partial charge in [-0.3, -0.25) is 0 Å². The third-order valence-corrected chi connectivity index (χ3v) is 2.42. The van der Waals surface area contributed by atoms with Gasteiger partial charge in [-0.15, -0.1) is 0 Å². The molecule has 1 aliphatic heterocycles. The molecule has 1 rings (SSSR count). The molecule has 0 aromatic heterocycles. The van der Waals surface area contributed by atoms with Crippen LogP contribution in [0.5, 0.6) is 0 Å². The van der Waals surface area contributed by atoms with Gasteiger partial charge < -0.3 is 9.47 Å². The smallest absolute Gasteiger partial charge is 0.157 e. The van der Waals surface area contributed by atoms with E-state index >= 15 is 0 Å². The van der Waals surface area contributed by atoms with Gasteiger partial charge in [0.15, 0.2) is 6.29 Å². The van der Waals surface area contributed by atoms with E-state index in [0.29, 0.717) is 0 Å². The van der Waals surface area contributed by atoms with Gasteiger partial charge in [-0.25, -0.2) is 0 Å². The highest BCUT2D eigenvalue weighted by Crippen LogP contribution is 2.27. The second kappa shape index (κ2) is 3.55. The van der Waals surface area contributed by atoms with Crippen molar-refractivity contribution >= 4 is 0 Å². The van der Waals surface area contributed by atoms with Crippen LogP contribution in [-0.4, -0.2) is 19.5 Å². The molecule has 66 valence electrons. The van der Waals surface area contributed by atoms with Crippen LogP contribution in [0.2, 0.25) is 0 Å². The number of ether oxygens (including phenoxy) is 2. The minimum atomic E-state index is 0.0506. The Morgan fingerprint density at radius 3 is 2.18 bits per heavy atom. The van der Waals surface area contributed by atoms with Gasteiger partial charge in [-0.05, 0) is 12.8 Å². The predicted octanol–water partition coefficient (Wildman–Crippen LogP) is 2.19. The molecule has 0 bridgehead atoms. The molecular weight excluding hydrogens is 140 g/mol. The van der Waals surface area contributed by atoms with E-state index in [2.05, 4.69) is 20.8 Å². The van der Waals surface area contributed by atoms with Crippen LogP contribution in [0.25, 0.3) is 0 Å². The van der Waals surface area contributed by atoms with E-state index in [4.69, 9.17) is 9.47 Å². The summed E-state index contributed by atoms with van der Waals surface area (Å²) in [4.78, 5) is 0. The zero-order valence-electron chi connectivity index (χ0n) is 7.72. The first kappa shape index (κ1) is 9.01. The zero-order chi connectivity index (χ0) is 8.32. The largest absolute Gasteiger partial charge is 0.352 e. The normalized spacial score (nSPS) is 39.0. The molecule has 11 heavy (non-hydrogen) atoms. The maximum atomic E-state index is 5.51. The van der Waals surface area contributed by atoms with Crippen molar-refractivity contribution in [3.63, 3.8) is 0 Å². The van der Waals surface area contributed by atoms with E-state index in [-0.39, 0.29) is 11.7 Å². The molecule has 2 nitrogen and oxygen atoms in total. The first-order chi connectivity index (χ1) is 5.20. The van der Waals surface area contributed by atoms with Crippen LogP contribution in [0.4, 0.5) is 0 Å². The van der Waals surface area contributed by atoms with Crippen LogP contribution in [0.1, 0.15) is 33.6 Å². The molecule has 0 N–H and O–H groups in total. The third-order valence-electron chi connectivity index (χ3n) is 2.42. The Hall–Kier alpha value is -0.0800. The molecule has 0 radical (unpaired) electrons. The molecule has 0 amide bonds. The molecule has 1 fully saturated rings. The Bertz CT molecular complexity index is 115. The van der Waals surface area contributed by atoms with Gasteiger partial charge in [0.25, 0.3) is 0 Å². The van der Waals surface area contributed by atoms with Crippen molar-refractivity contribution < 1.29 is 9.47 Å². The van der Waals surface area contributed by atoms with Gasteiger partial charge >= 0.3 is 0 Å². The Morgan fingerprint density at radius 1 is 1.27 bits per heavy atom. The minimum Gasteiger partial charge on any atom is -0.352 e. The first-order valence-electron chi connectivity index (χ1n) is 4.43. The summed E-state index contributed by atoms with van der Waals surface area (Å²) in [5, 5.41) is 0. The van der Waals surface area contributed by atoms with Crippen LogP contribution in [0, 0.1) is 5.41 Å². The zero-order valence-corrected chi connectivity index (χ0v) is 7.72. The predicted molar refractivity (Wildman–Crippen MR) is 44.4 cm³/mol. The van der Waals surface area contributed by atoms with Gasteiger partial charge in [-0.2, -0.15) is 0 Å². The maximum absolute atomic E-state index is 5.51. The molecule has 0 atom stereocenters. The second-order valence-electron chi connectivity index (χ2n) is 3.62. The van der Waals surface area contributed by atoms with Crippen LogP contribution < -0.4 is 0 Å². The maximum Gasteiger partial charge on any atom is 0.157 e. The average Bonchev–Trinajstić information content (AvgIpc) is 2.06. The highest BCUT2D eigenvalue weighted by Gasteiger charge is 2.29. The van der Waals surface area contributed by atoms with Crippen molar-refractivity contribution in [2.45, 2.75) is 39.9 Å². The van der Waals surface area contributed by atoms with Crippen LogP contribution >= 0.6 is 0 Å². The molecule has 1 aliphatic rings. The second-order valence-corrected chi connectivity index (χ2v) is 3.62. The fourth-order valence-corrected chi connectivity index (χ4v) is 1.12. The van der Waals surface area contributed by atoms with E-state index in [0.717, 1.165) is 26.1 Å². The Morgan fingerprint density at radius 2 is 1.82 bits per heavy atom. The SMILES string of the molecule is CCC1OCC(C)(CC)CO1. The summed E-state index contributed by atoms with van der Waals surface area (Å²) in [5.74, 6) is 0. The van der Waals surface area contributed by atoms with Gasteiger partial charge in [0, 0.05) is 5.41 Å². The molecule has 0 aliphatic carbocycles. The average molecular weight is 158 g/mol. The molecule has 0 spiro atoms. The Balaban J connectivity index is 2.35. The highest BCUT2D eigenvalue weighted by molar-refractivity contribution is 4.74. The minimum absolute atomic E-state index is 0.0506. The van der Waals surface area contributed by atoms with Crippen molar-refractivity contribution in [1.29, 1.82) is 0 Å². The number of hydrogen-bond donors (Lipinski definition) is 0. The molecule has 0 aromatic carbocycles. The lowest BCUT2D eigenvalue weighted by molar-refractivity contribution is -0.226. The van der Waals surface area contributed by atoms with Gasteiger partial charge in [0.05, 0.1) is 13.2 Å². The van der Waals surface area contributed by atoms with E-state index in [1.165, 1.54) is 0 Å². The van der Waals surface area contributed by atoms with E-state index < -0.39 is 0 Å². The Kier molecular flexibility index (Phi) is 2.90. The molecule has 0 aromatic rings. The molecule has 0 saturated carbocycles. The van der Waals surface area contributed by atoms with Crippen molar-refractivity contribution in [1.82, 2.24) is 0 Å². The molecule has 1 heterocycles. The summed E-state index contributed by atoms with van der Waals surface area (Å²) >= 11 is 0. The third kappa shape index (κ3) is 2.17. The van der Waals surface area contributed by atoms with Crippen molar-refractivity contribution in [3.05, 3.63) is 0 Å². The molecular formula is C9H18O2.